The molecule has 0 amide bonds. The third-order valence-electron chi connectivity index (χ3n) is 1.58. The van der Waals surface area contributed by atoms with Gasteiger partial charge in [-0.3, -0.25) is 0 Å². The molecule has 12 heavy (non-hydrogen) atoms. The average Bonchev–Trinajstić information content (AvgIpc) is 2.06. The van der Waals surface area contributed by atoms with Gasteiger partial charge in [-0.1, -0.05) is 30.3 Å². The number of rotatable bonds is 2. The summed E-state index contributed by atoms with van der Waals surface area (Å²) >= 11 is 0. The molecule has 1 rings (SSSR count). The molecule has 0 aliphatic carbocycles. The summed E-state index contributed by atoms with van der Waals surface area (Å²) in [4.78, 5) is 13.2. The lowest BCUT2D eigenvalue weighted by Crippen LogP contribution is -2.17. The van der Waals surface area contributed by atoms with Crippen LogP contribution in [-0.4, -0.2) is 11.2 Å². The third-order valence-corrected chi connectivity index (χ3v) is 1.58. The Morgan fingerprint density at radius 1 is 1.42 bits per heavy atom. The smallest absolute Gasteiger partial charge is 0.238 e. The number of aliphatic imine (C=N–C) groups is 1. The number of hydrogen-bond donors (Lipinski definition) is 1. The molecule has 0 bridgehead atoms. The van der Waals surface area contributed by atoms with Crippen LogP contribution in [0.1, 0.15) is 12.5 Å². The zero-order chi connectivity index (χ0) is 9.03. The molecule has 0 aromatic heterocycles. The molecule has 0 aliphatic rings. The highest BCUT2D eigenvalue weighted by Gasteiger charge is 2.20. The molecule has 0 saturated carbocycles. The van der Waals surface area contributed by atoms with E-state index in [1.54, 1.807) is 24.3 Å². The van der Waals surface area contributed by atoms with Gasteiger partial charge in [0.2, 0.25) is 6.08 Å². The maximum atomic E-state index is 9.94. The molecule has 1 unspecified atom stereocenters. The summed E-state index contributed by atoms with van der Waals surface area (Å²) in [7, 11) is 0. The van der Waals surface area contributed by atoms with E-state index in [2.05, 4.69) is 4.99 Å². The first-order chi connectivity index (χ1) is 5.67. The Morgan fingerprint density at radius 3 is 2.50 bits per heavy atom. The van der Waals surface area contributed by atoms with E-state index in [9.17, 15) is 9.90 Å². The maximum Gasteiger partial charge on any atom is 0.238 e. The van der Waals surface area contributed by atoms with Crippen molar-refractivity contribution in [2.45, 2.75) is 12.6 Å². The molecular formula is C9H9NO2. The number of aliphatic hydroxyl groups is 1. The van der Waals surface area contributed by atoms with Gasteiger partial charge in [0.25, 0.3) is 0 Å². The van der Waals surface area contributed by atoms with E-state index in [1.165, 1.54) is 13.0 Å². The Labute approximate surface area is 70.4 Å². The Hall–Kier alpha value is -1.44. The summed E-state index contributed by atoms with van der Waals surface area (Å²) < 4.78 is 0. The Balaban J connectivity index is 3.05. The molecule has 0 aliphatic heterocycles. The van der Waals surface area contributed by atoms with Crippen molar-refractivity contribution in [2.24, 2.45) is 4.99 Å². The average molecular weight is 163 g/mol. The van der Waals surface area contributed by atoms with Crippen molar-refractivity contribution in [1.82, 2.24) is 0 Å². The zero-order valence-electron chi connectivity index (χ0n) is 6.69. The van der Waals surface area contributed by atoms with Gasteiger partial charge in [-0.2, -0.15) is 4.99 Å². The predicted molar refractivity (Wildman–Crippen MR) is 44.1 cm³/mol. The van der Waals surface area contributed by atoms with E-state index in [0.29, 0.717) is 5.56 Å². The standard InChI is InChI=1S/C9H9NO2/c1-9(12,10-7-11)8-5-3-2-4-6-8/h2-6,12H,1H3. The minimum atomic E-state index is -1.46. The van der Waals surface area contributed by atoms with Crippen LogP contribution in [0, 0.1) is 0 Å². The highest BCUT2D eigenvalue weighted by Crippen LogP contribution is 2.20. The van der Waals surface area contributed by atoms with E-state index in [-0.39, 0.29) is 0 Å². The normalized spacial score (nSPS) is 14.5. The summed E-state index contributed by atoms with van der Waals surface area (Å²) in [5.41, 5.74) is -0.878. The second-order valence-corrected chi connectivity index (χ2v) is 2.59. The largest absolute Gasteiger partial charge is 0.365 e. The third kappa shape index (κ3) is 1.78. The van der Waals surface area contributed by atoms with Gasteiger partial charge in [-0.05, 0) is 6.92 Å². The summed E-state index contributed by atoms with van der Waals surface area (Å²) in [6.07, 6.45) is 1.33. The lowest BCUT2D eigenvalue weighted by Gasteiger charge is -2.15. The van der Waals surface area contributed by atoms with Crippen molar-refractivity contribution in [2.75, 3.05) is 0 Å². The predicted octanol–water partition coefficient (Wildman–Crippen LogP) is 1.19. The highest BCUT2D eigenvalue weighted by atomic mass is 16.3. The Kier molecular flexibility index (Phi) is 2.38. The summed E-state index contributed by atoms with van der Waals surface area (Å²) in [5, 5.41) is 9.56. The van der Waals surface area contributed by atoms with Crippen molar-refractivity contribution in [3.63, 3.8) is 0 Å². The first-order valence-electron chi connectivity index (χ1n) is 3.54. The van der Waals surface area contributed by atoms with Gasteiger partial charge >= 0.3 is 0 Å². The summed E-state index contributed by atoms with van der Waals surface area (Å²) in [6.45, 7) is 1.44. The second-order valence-electron chi connectivity index (χ2n) is 2.59. The number of hydrogen-bond acceptors (Lipinski definition) is 3. The molecule has 1 atom stereocenters. The molecule has 0 heterocycles. The molecule has 1 N–H and O–H groups in total. The quantitative estimate of drug-likeness (QED) is 0.525. The van der Waals surface area contributed by atoms with E-state index < -0.39 is 5.72 Å². The van der Waals surface area contributed by atoms with E-state index >= 15 is 0 Å². The van der Waals surface area contributed by atoms with Crippen LogP contribution >= 0.6 is 0 Å². The van der Waals surface area contributed by atoms with Crippen molar-refractivity contribution in [3.8, 4) is 0 Å². The van der Waals surface area contributed by atoms with Crippen LogP contribution < -0.4 is 0 Å². The lowest BCUT2D eigenvalue weighted by atomic mass is 10.1. The van der Waals surface area contributed by atoms with E-state index in [4.69, 9.17) is 0 Å². The van der Waals surface area contributed by atoms with Gasteiger partial charge in [-0.15, -0.1) is 0 Å². The van der Waals surface area contributed by atoms with Crippen molar-refractivity contribution >= 4 is 6.08 Å². The molecule has 1 aromatic carbocycles. The van der Waals surface area contributed by atoms with Gasteiger partial charge in [-0.25, -0.2) is 4.79 Å². The van der Waals surface area contributed by atoms with Gasteiger partial charge in [0.1, 0.15) is 0 Å². The number of nitrogens with zero attached hydrogens (tertiary/aromatic N) is 1. The minimum absolute atomic E-state index is 0.577. The van der Waals surface area contributed by atoms with E-state index in [1.807, 2.05) is 6.07 Å². The molecule has 1 aromatic rings. The molecule has 3 heteroatoms. The van der Waals surface area contributed by atoms with Gasteiger partial charge < -0.3 is 5.11 Å². The first-order valence-corrected chi connectivity index (χ1v) is 3.54. The van der Waals surface area contributed by atoms with Crippen LogP contribution in [0.4, 0.5) is 0 Å². The molecule has 0 saturated heterocycles. The number of isocyanates is 1. The molecule has 3 nitrogen and oxygen atoms in total. The van der Waals surface area contributed by atoms with Crippen LogP contribution in [0.25, 0.3) is 0 Å². The fourth-order valence-electron chi connectivity index (χ4n) is 0.907. The summed E-state index contributed by atoms with van der Waals surface area (Å²) in [5.74, 6) is 0. The summed E-state index contributed by atoms with van der Waals surface area (Å²) in [6, 6.07) is 8.75. The Morgan fingerprint density at radius 2 is 2.00 bits per heavy atom. The maximum absolute atomic E-state index is 9.94. The molecule has 0 radical (unpaired) electrons. The first kappa shape index (κ1) is 8.65. The van der Waals surface area contributed by atoms with Crippen LogP contribution in [0.5, 0.6) is 0 Å². The SMILES string of the molecule is CC(O)(N=C=O)c1ccccc1. The van der Waals surface area contributed by atoms with E-state index in [0.717, 1.165) is 0 Å². The molecule has 0 fully saturated rings. The fraction of sp³-hybridized carbons (Fsp3) is 0.222. The van der Waals surface area contributed by atoms with Crippen LogP contribution in [0.3, 0.4) is 0 Å². The fourth-order valence-corrected chi connectivity index (χ4v) is 0.907. The topological polar surface area (TPSA) is 49.7 Å². The lowest BCUT2D eigenvalue weighted by molar-refractivity contribution is 0.0676. The zero-order valence-corrected chi connectivity index (χ0v) is 6.69. The van der Waals surface area contributed by atoms with Gasteiger partial charge in [0, 0.05) is 5.56 Å². The number of benzene rings is 1. The number of carbonyl (C=O) groups excluding carboxylic acids is 1. The molecule has 62 valence electrons. The van der Waals surface area contributed by atoms with Crippen molar-refractivity contribution < 1.29 is 9.90 Å². The Bertz CT molecular complexity index is 300. The van der Waals surface area contributed by atoms with Gasteiger partial charge in [0.15, 0.2) is 5.72 Å². The molecular weight excluding hydrogens is 154 g/mol. The van der Waals surface area contributed by atoms with Gasteiger partial charge in [0.05, 0.1) is 0 Å². The monoisotopic (exact) mass is 163 g/mol. The minimum Gasteiger partial charge on any atom is -0.365 e. The second kappa shape index (κ2) is 3.30. The van der Waals surface area contributed by atoms with Crippen LogP contribution in [0.15, 0.2) is 35.3 Å². The van der Waals surface area contributed by atoms with Crippen LogP contribution in [0.2, 0.25) is 0 Å². The highest BCUT2D eigenvalue weighted by molar-refractivity contribution is 5.36. The molecule has 0 spiro atoms. The van der Waals surface area contributed by atoms with Crippen molar-refractivity contribution in [3.05, 3.63) is 35.9 Å². The van der Waals surface area contributed by atoms with Crippen LogP contribution in [-0.2, 0) is 10.5 Å². The van der Waals surface area contributed by atoms with Crippen molar-refractivity contribution in [1.29, 1.82) is 0 Å².